The van der Waals surface area contributed by atoms with Gasteiger partial charge in [0.2, 0.25) is 0 Å². The number of halogens is 1. The molecule has 0 aliphatic rings. The SMILES string of the molecule is Cn1c(-c2cncc(O)c2)nc2cc(Cl)ccc21. The van der Waals surface area contributed by atoms with Gasteiger partial charge in [0.15, 0.2) is 0 Å². The summed E-state index contributed by atoms with van der Waals surface area (Å²) in [6, 6.07) is 7.20. The molecule has 2 aromatic heterocycles. The first-order chi connectivity index (χ1) is 8.65. The van der Waals surface area contributed by atoms with Gasteiger partial charge < -0.3 is 9.67 Å². The van der Waals surface area contributed by atoms with Crippen molar-refractivity contribution >= 4 is 22.6 Å². The summed E-state index contributed by atoms with van der Waals surface area (Å²) in [5.41, 5.74) is 2.57. The van der Waals surface area contributed by atoms with Crippen LogP contribution in [0.1, 0.15) is 0 Å². The van der Waals surface area contributed by atoms with E-state index in [9.17, 15) is 5.11 Å². The van der Waals surface area contributed by atoms with E-state index in [2.05, 4.69) is 9.97 Å². The molecule has 0 aliphatic carbocycles. The minimum atomic E-state index is 0.123. The molecular formula is C13H10ClN3O. The lowest BCUT2D eigenvalue weighted by atomic mass is 10.2. The van der Waals surface area contributed by atoms with Gasteiger partial charge in [0.1, 0.15) is 11.6 Å². The maximum absolute atomic E-state index is 9.46. The summed E-state index contributed by atoms with van der Waals surface area (Å²) in [5, 5.41) is 10.1. The third kappa shape index (κ3) is 1.71. The first-order valence-corrected chi connectivity index (χ1v) is 5.79. The zero-order chi connectivity index (χ0) is 12.7. The molecule has 4 nitrogen and oxygen atoms in total. The van der Waals surface area contributed by atoms with Crippen LogP contribution in [0, 0.1) is 0 Å². The van der Waals surface area contributed by atoms with Gasteiger partial charge in [-0.1, -0.05) is 11.6 Å². The Morgan fingerprint density at radius 1 is 1.22 bits per heavy atom. The number of aromatic hydroxyl groups is 1. The van der Waals surface area contributed by atoms with Crippen LogP contribution < -0.4 is 0 Å². The van der Waals surface area contributed by atoms with Crippen molar-refractivity contribution < 1.29 is 5.11 Å². The van der Waals surface area contributed by atoms with Crippen molar-refractivity contribution in [1.29, 1.82) is 0 Å². The third-order valence-corrected chi connectivity index (χ3v) is 3.06. The topological polar surface area (TPSA) is 50.9 Å². The molecule has 2 heterocycles. The highest BCUT2D eigenvalue weighted by molar-refractivity contribution is 6.31. The molecule has 1 aromatic carbocycles. The molecule has 0 bridgehead atoms. The Morgan fingerprint density at radius 2 is 2.06 bits per heavy atom. The molecule has 5 heteroatoms. The summed E-state index contributed by atoms with van der Waals surface area (Å²) in [5.74, 6) is 0.869. The van der Waals surface area contributed by atoms with Crippen molar-refractivity contribution in [2.75, 3.05) is 0 Å². The van der Waals surface area contributed by atoms with Crippen LogP contribution >= 0.6 is 11.6 Å². The van der Waals surface area contributed by atoms with Gasteiger partial charge in [-0.3, -0.25) is 4.98 Å². The van der Waals surface area contributed by atoms with Crippen LogP contribution in [0.4, 0.5) is 0 Å². The Labute approximate surface area is 108 Å². The second-order valence-corrected chi connectivity index (χ2v) is 4.50. The zero-order valence-electron chi connectivity index (χ0n) is 9.63. The minimum absolute atomic E-state index is 0.123. The summed E-state index contributed by atoms with van der Waals surface area (Å²) in [6.45, 7) is 0. The molecule has 90 valence electrons. The lowest BCUT2D eigenvalue weighted by Gasteiger charge is -2.02. The summed E-state index contributed by atoms with van der Waals surface area (Å²) in [6.07, 6.45) is 3.06. The van der Waals surface area contributed by atoms with E-state index in [0.29, 0.717) is 5.02 Å². The molecule has 0 amide bonds. The largest absolute Gasteiger partial charge is 0.506 e. The number of fused-ring (bicyclic) bond motifs is 1. The molecule has 3 rings (SSSR count). The number of benzene rings is 1. The highest BCUT2D eigenvalue weighted by Gasteiger charge is 2.10. The molecule has 0 aliphatic heterocycles. The lowest BCUT2D eigenvalue weighted by Crippen LogP contribution is -1.92. The van der Waals surface area contributed by atoms with Gasteiger partial charge in [-0.2, -0.15) is 0 Å². The molecule has 0 saturated carbocycles. The number of hydrogen-bond donors (Lipinski definition) is 1. The Balaban J connectivity index is 2.27. The second kappa shape index (κ2) is 3.99. The molecule has 0 saturated heterocycles. The number of aromatic nitrogens is 3. The highest BCUT2D eigenvalue weighted by atomic mass is 35.5. The summed E-state index contributed by atoms with van der Waals surface area (Å²) in [4.78, 5) is 8.47. The van der Waals surface area contributed by atoms with Gasteiger partial charge in [0, 0.05) is 23.8 Å². The number of pyridine rings is 1. The van der Waals surface area contributed by atoms with Crippen molar-refractivity contribution in [2.24, 2.45) is 7.05 Å². The van der Waals surface area contributed by atoms with Gasteiger partial charge in [-0.15, -0.1) is 0 Å². The van der Waals surface area contributed by atoms with E-state index < -0.39 is 0 Å². The number of rotatable bonds is 1. The number of nitrogens with zero attached hydrogens (tertiary/aromatic N) is 3. The molecule has 3 aromatic rings. The van der Waals surface area contributed by atoms with Crippen LogP contribution in [0.2, 0.25) is 5.02 Å². The molecule has 0 unspecified atom stereocenters. The molecular weight excluding hydrogens is 250 g/mol. The second-order valence-electron chi connectivity index (χ2n) is 4.06. The van der Waals surface area contributed by atoms with E-state index in [4.69, 9.17) is 11.6 Å². The summed E-state index contributed by atoms with van der Waals surface area (Å²) >= 11 is 5.95. The fraction of sp³-hybridized carbons (Fsp3) is 0.0769. The van der Waals surface area contributed by atoms with Crippen LogP contribution in [0.3, 0.4) is 0 Å². The maximum atomic E-state index is 9.46. The van der Waals surface area contributed by atoms with E-state index in [1.807, 2.05) is 29.8 Å². The summed E-state index contributed by atoms with van der Waals surface area (Å²) in [7, 11) is 1.92. The molecule has 0 fully saturated rings. The fourth-order valence-electron chi connectivity index (χ4n) is 1.98. The Bertz CT molecular complexity index is 736. The van der Waals surface area contributed by atoms with E-state index in [1.54, 1.807) is 12.3 Å². The maximum Gasteiger partial charge on any atom is 0.142 e. The molecule has 18 heavy (non-hydrogen) atoms. The average molecular weight is 260 g/mol. The fourth-order valence-corrected chi connectivity index (χ4v) is 2.15. The van der Waals surface area contributed by atoms with E-state index in [1.165, 1.54) is 6.20 Å². The van der Waals surface area contributed by atoms with Crippen LogP contribution in [-0.2, 0) is 7.05 Å². The van der Waals surface area contributed by atoms with Crippen LogP contribution in [-0.4, -0.2) is 19.6 Å². The van der Waals surface area contributed by atoms with Gasteiger partial charge in [-0.25, -0.2) is 4.98 Å². The molecule has 1 N–H and O–H groups in total. The predicted octanol–water partition coefficient (Wildman–Crippen LogP) is 2.99. The normalized spacial score (nSPS) is 11.0. The molecule has 0 spiro atoms. The monoisotopic (exact) mass is 259 g/mol. The van der Waals surface area contributed by atoms with Crippen LogP contribution in [0.25, 0.3) is 22.4 Å². The Morgan fingerprint density at radius 3 is 2.83 bits per heavy atom. The first-order valence-electron chi connectivity index (χ1n) is 5.41. The van der Waals surface area contributed by atoms with E-state index in [0.717, 1.165) is 22.4 Å². The van der Waals surface area contributed by atoms with Gasteiger partial charge in [0.05, 0.1) is 17.2 Å². The highest BCUT2D eigenvalue weighted by Crippen LogP contribution is 2.26. The van der Waals surface area contributed by atoms with Crippen molar-refractivity contribution in [2.45, 2.75) is 0 Å². The quantitative estimate of drug-likeness (QED) is 0.731. The van der Waals surface area contributed by atoms with Crippen molar-refractivity contribution in [1.82, 2.24) is 14.5 Å². The number of hydrogen-bond acceptors (Lipinski definition) is 3. The van der Waals surface area contributed by atoms with Crippen molar-refractivity contribution in [3.8, 4) is 17.1 Å². The average Bonchev–Trinajstić information content (AvgIpc) is 2.66. The van der Waals surface area contributed by atoms with Crippen LogP contribution in [0.15, 0.2) is 36.7 Å². The number of imidazole rings is 1. The van der Waals surface area contributed by atoms with Crippen molar-refractivity contribution in [3.05, 3.63) is 41.7 Å². The Kier molecular flexibility index (Phi) is 2.45. The zero-order valence-corrected chi connectivity index (χ0v) is 10.4. The molecule has 0 atom stereocenters. The summed E-state index contributed by atoms with van der Waals surface area (Å²) < 4.78 is 1.95. The third-order valence-electron chi connectivity index (χ3n) is 2.82. The van der Waals surface area contributed by atoms with Crippen molar-refractivity contribution in [3.63, 3.8) is 0 Å². The standard InChI is InChI=1S/C13H10ClN3O/c1-17-12-3-2-9(14)5-11(12)16-13(17)8-4-10(18)7-15-6-8/h2-7,18H,1H3. The first kappa shape index (κ1) is 11.0. The molecule has 0 radical (unpaired) electrons. The van der Waals surface area contributed by atoms with E-state index >= 15 is 0 Å². The van der Waals surface area contributed by atoms with Crippen LogP contribution in [0.5, 0.6) is 5.75 Å². The minimum Gasteiger partial charge on any atom is -0.506 e. The number of aryl methyl sites for hydroxylation is 1. The smallest absolute Gasteiger partial charge is 0.142 e. The predicted molar refractivity (Wildman–Crippen MR) is 70.6 cm³/mol. The van der Waals surface area contributed by atoms with Gasteiger partial charge >= 0.3 is 0 Å². The lowest BCUT2D eigenvalue weighted by molar-refractivity contribution is 0.473. The Hall–Kier alpha value is -2.07. The van der Waals surface area contributed by atoms with Gasteiger partial charge in [0.25, 0.3) is 0 Å². The van der Waals surface area contributed by atoms with E-state index in [-0.39, 0.29) is 5.75 Å². The van der Waals surface area contributed by atoms with Gasteiger partial charge in [-0.05, 0) is 24.3 Å².